The molecule has 0 saturated carbocycles. The molecule has 8 nitrogen and oxygen atoms in total. The van der Waals surface area contributed by atoms with Crippen LogP contribution in [-0.2, 0) is 30.6 Å². The molecule has 43 heavy (non-hydrogen) atoms. The smallest absolute Gasteiger partial charge is 0.240 e. The molecule has 10 heteroatoms. The summed E-state index contributed by atoms with van der Waals surface area (Å²) in [7, 11) is 0. The number of para-hydroxylation sites is 2. The van der Waals surface area contributed by atoms with Gasteiger partial charge in [0, 0.05) is 47.0 Å². The number of nitrogens with zero attached hydrogens (tertiary/aromatic N) is 3. The van der Waals surface area contributed by atoms with Gasteiger partial charge in [0.25, 0.3) is 0 Å². The van der Waals surface area contributed by atoms with Crippen molar-refractivity contribution in [1.29, 1.82) is 0 Å². The second-order valence-corrected chi connectivity index (χ2v) is 12.3. The van der Waals surface area contributed by atoms with E-state index in [0.29, 0.717) is 35.3 Å². The fourth-order valence-corrected chi connectivity index (χ4v) is 5.76. The number of amides is 1. The van der Waals surface area contributed by atoms with Crippen molar-refractivity contribution in [3.63, 3.8) is 0 Å². The van der Waals surface area contributed by atoms with Gasteiger partial charge in [-0.15, -0.1) is 10.2 Å². The minimum atomic E-state index is -1.08. The normalized spacial score (nSPS) is 12.7. The highest BCUT2D eigenvalue weighted by atomic mass is 35.5. The Labute approximate surface area is 259 Å². The van der Waals surface area contributed by atoms with Gasteiger partial charge in [-0.2, -0.15) is 0 Å². The molecule has 0 aliphatic carbocycles. The first kappa shape index (κ1) is 29.0. The van der Waals surface area contributed by atoms with Crippen LogP contribution in [0.3, 0.4) is 0 Å². The summed E-state index contributed by atoms with van der Waals surface area (Å²) in [5.74, 6) is 1.17. The molecule has 0 aliphatic rings. The quantitative estimate of drug-likeness (QED) is 0.141. The van der Waals surface area contributed by atoms with Crippen LogP contribution in [0.15, 0.2) is 79.1 Å². The Bertz CT molecular complexity index is 1910. The number of nitrogens with one attached hydrogen (secondary N) is 3. The monoisotopic (exact) mass is 613 g/mol. The lowest BCUT2D eigenvalue weighted by Gasteiger charge is -2.25. The van der Waals surface area contributed by atoms with E-state index in [-0.39, 0.29) is 5.91 Å². The molecule has 0 bridgehead atoms. The second kappa shape index (κ2) is 11.9. The Kier molecular flexibility index (Phi) is 8.01. The Morgan fingerprint density at radius 3 is 2.23 bits per heavy atom. The van der Waals surface area contributed by atoms with Crippen LogP contribution < -0.4 is 11.1 Å². The summed E-state index contributed by atoms with van der Waals surface area (Å²) < 4.78 is 2.08. The Morgan fingerprint density at radius 1 is 0.907 bits per heavy atom. The molecule has 3 aromatic heterocycles. The molecule has 5 N–H and O–H groups in total. The van der Waals surface area contributed by atoms with Gasteiger partial charge in [0.15, 0.2) is 5.82 Å². The van der Waals surface area contributed by atoms with E-state index >= 15 is 0 Å². The first-order valence-electron chi connectivity index (χ1n) is 14.2. The van der Waals surface area contributed by atoms with Gasteiger partial charge in [-0.1, -0.05) is 65.7 Å². The Morgan fingerprint density at radius 2 is 1.56 bits per heavy atom. The predicted molar refractivity (Wildman–Crippen MR) is 172 cm³/mol. The molecule has 0 aliphatic heterocycles. The number of rotatable bonds is 10. The maximum atomic E-state index is 13.3. The maximum Gasteiger partial charge on any atom is 0.240 e. The fourth-order valence-electron chi connectivity index (χ4n) is 5.44. The SMILES string of the molecule is CC(C)(N)C(=O)N[C@H](Cc1c[nH]c2ccccc12)c1nnc(CCc2c[nH]c3ccccc23)n1Cc1ccc(Cl)c(Cl)c1. The fraction of sp³-hybridized carbons (Fsp3) is 0.242. The predicted octanol–water partition coefficient (Wildman–Crippen LogP) is 6.52. The molecule has 3 heterocycles. The number of carbonyl (C=O) groups excluding carboxylic acids is 1. The largest absolute Gasteiger partial charge is 0.361 e. The Balaban J connectivity index is 1.40. The van der Waals surface area contributed by atoms with Gasteiger partial charge >= 0.3 is 0 Å². The van der Waals surface area contributed by atoms with Crippen LogP contribution in [-0.4, -0.2) is 36.2 Å². The molecule has 6 rings (SSSR count). The van der Waals surface area contributed by atoms with Crippen molar-refractivity contribution in [2.45, 2.75) is 51.2 Å². The highest BCUT2D eigenvalue weighted by Gasteiger charge is 2.30. The van der Waals surface area contributed by atoms with Crippen LogP contribution in [0.2, 0.25) is 10.0 Å². The highest BCUT2D eigenvalue weighted by molar-refractivity contribution is 6.42. The molecule has 0 fully saturated rings. The van der Waals surface area contributed by atoms with Crippen molar-refractivity contribution >= 4 is 50.9 Å². The average molecular weight is 615 g/mol. The summed E-state index contributed by atoms with van der Waals surface area (Å²) in [4.78, 5) is 20.0. The van der Waals surface area contributed by atoms with Gasteiger partial charge in [0.05, 0.1) is 28.2 Å². The van der Waals surface area contributed by atoms with Crippen molar-refractivity contribution in [3.8, 4) is 0 Å². The number of aromatic amines is 2. The van der Waals surface area contributed by atoms with Crippen molar-refractivity contribution in [2.24, 2.45) is 5.73 Å². The van der Waals surface area contributed by atoms with Gasteiger partial charge in [-0.3, -0.25) is 4.79 Å². The zero-order valence-corrected chi connectivity index (χ0v) is 25.5. The first-order chi connectivity index (χ1) is 20.7. The maximum absolute atomic E-state index is 13.3. The van der Waals surface area contributed by atoms with Crippen LogP contribution in [0.25, 0.3) is 21.8 Å². The van der Waals surface area contributed by atoms with Crippen LogP contribution in [0, 0.1) is 0 Å². The van der Waals surface area contributed by atoms with E-state index in [1.807, 2.05) is 48.7 Å². The van der Waals surface area contributed by atoms with Gasteiger partial charge in [0.1, 0.15) is 5.82 Å². The van der Waals surface area contributed by atoms with Crippen LogP contribution in [0.4, 0.5) is 0 Å². The molecular formula is C33H33Cl2N7O. The second-order valence-electron chi connectivity index (χ2n) is 11.5. The number of halogens is 2. The number of aryl methyl sites for hydroxylation is 2. The highest BCUT2D eigenvalue weighted by Crippen LogP contribution is 2.28. The molecule has 6 aromatic rings. The summed E-state index contributed by atoms with van der Waals surface area (Å²) in [6, 6.07) is 21.4. The third kappa shape index (κ3) is 6.18. The van der Waals surface area contributed by atoms with Crippen molar-refractivity contribution < 1.29 is 4.79 Å². The molecule has 1 amide bonds. The van der Waals surface area contributed by atoms with Crippen LogP contribution in [0.5, 0.6) is 0 Å². The number of H-pyrrole nitrogens is 2. The molecule has 0 saturated heterocycles. The summed E-state index contributed by atoms with van der Waals surface area (Å²) in [6.07, 6.45) is 5.93. The summed E-state index contributed by atoms with van der Waals surface area (Å²) in [6.45, 7) is 3.84. The molecule has 0 radical (unpaired) electrons. The molecule has 0 unspecified atom stereocenters. The van der Waals surface area contributed by atoms with E-state index in [1.54, 1.807) is 19.9 Å². The van der Waals surface area contributed by atoms with E-state index in [9.17, 15) is 4.79 Å². The summed E-state index contributed by atoms with van der Waals surface area (Å²) in [5, 5.41) is 15.8. The number of nitrogens with two attached hydrogens (primary N) is 1. The lowest BCUT2D eigenvalue weighted by atomic mass is 10.0. The van der Waals surface area contributed by atoms with Gasteiger partial charge in [0.2, 0.25) is 5.91 Å². The standard InChI is InChI=1S/C33H33Cl2N7O/c1-33(2,36)32(43)39-29(16-22-18-38-28-10-6-4-8-24(22)28)31-41-40-30(42(31)19-20-11-13-25(34)26(35)15-20)14-12-21-17-37-27-9-5-3-7-23(21)27/h3-11,13,15,17-18,29,37-38H,12,14,16,19,36H2,1-2H3,(H,39,43)/t29-/m1/s1. The van der Waals surface area contributed by atoms with Crippen molar-refractivity contribution in [3.05, 3.63) is 118 Å². The first-order valence-corrected chi connectivity index (χ1v) is 15.0. The van der Waals surface area contributed by atoms with Crippen LogP contribution >= 0.6 is 23.2 Å². The van der Waals surface area contributed by atoms with E-state index in [2.05, 4.69) is 49.3 Å². The average Bonchev–Trinajstić information content (AvgIpc) is 3.70. The number of aromatic nitrogens is 5. The number of carbonyl (C=O) groups is 1. The number of fused-ring (bicyclic) bond motifs is 2. The molecule has 220 valence electrons. The molecule has 0 spiro atoms. The third-order valence-electron chi connectivity index (χ3n) is 7.77. The third-order valence-corrected chi connectivity index (χ3v) is 8.51. The van der Waals surface area contributed by atoms with E-state index < -0.39 is 11.6 Å². The minimum Gasteiger partial charge on any atom is -0.361 e. The lowest BCUT2D eigenvalue weighted by molar-refractivity contribution is -0.126. The molecule has 3 aromatic carbocycles. The van der Waals surface area contributed by atoms with Crippen molar-refractivity contribution in [2.75, 3.05) is 0 Å². The number of hydrogen-bond acceptors (Lipinski definition) is 4. The number of benzene rings is 3. The Hall–Kier alpha value is -4.11. The zero-order valence-electron chi connectivity index (χ0n) is 24.0. The summed E-state index contributed by atoms with van der Waals surface area (Å²) >= 11 is 12.6. The van der Waals surface area contributed by atoms with Gasteiger partial charge in [-0.25, -0.2) is 0 Å². The zero-order chi connectivity index (χ0) is 30.1. The lowest BCUT2D eigenvalue weighted by Crippen LogP contribution is -2.50. The number of hydrogen-bond donors (Lipinski definition) is 4. The summed E-state index contributed by atoms with van der Waals surface area (Å²) in [5.41, 5.74) is 10.5. The van der Waals surface area contributed by atoms with Crippen LogP contribution in [0.1, 0.15) is 48.2 Å². The van der Waals surface area contributed by atoms with Gasteiger partial charge < -0.3 is 25.6 Å². The van der Waals surface area contributed by atoms with E-state index in [0.717, 1.165) is 39.8 Å². The minimum absolute atomic E-state index is 0.276. The van der Waals surface area contributed by atoms with E-state index in [1.165, 1.54) is 10.9 Å². The topological polar surface area (TPSA) is 117 Å². The van der Waals surface area contributed by atoms with E-state index in [4.69, 9.17) is 34.0 Å². The van der Waals surface area contributed by atoms with Crippen molar-refractivity contribution in [1.82, 2.24) is 30.0 Å². The molecular weight excluding hydrogens is 581 g/mol. The van der Waals surface area contributed by atoms with Gasteiger partial charge in [-0.05, 0) is 61.2 Å². The molecule has 1 atom stereocenters.